The Kier molecular flexibility index (Phi) is 5.08. The van der Waals surface area contributed by atoms with Crippen molar-refractivity contribution in [2.75, 3.05) is 19.7 Å². The highest BCUT2D eigenvalue weighted by molar-refractivity contribution is 5.87. The van der Waals surface area contributed by atoms with Gasteiger partial charge in [-0.1, -0.05) is 26.0 Å². The van der Waals surface area contributed by atoms with Crippen molar-refractivity contribution in [1.29, 1.82) is 0 Å². The third-order valence-corrected chi connectivity index (χ3v) is 6.52. The molecule has 1 aromatic carbocycles. The van der Waals surface area contributed by atoms with Crippen LogP contribution in [0.15, 0.2) is 53.5 Å². The van der Waals surface area contributed by atoms with Crippen LogP contribution in [0.25, 0.3) is 10.9 Å². The van der Waals surface area contributed by atoms with Crippen LogP contribution in [0.4, 0.5) is 0 Å². The normalized spacial score (nSPS) is 20.2. The zero-order valence-corrected chi connectivity index (χ0v) is 18.2. The Labute approximate surface area is 182 Å². The number of amides is 1. The zero-order chi connectivity index (χ0) is 21.5. The number of piperidine rings is 1. The molecule has 31 heavy (non-hydrogen) atoms. The molecule has 2 aliphatic rings. The first-order valence-corrected chi connectivity index (χ1v) is 11.2. The van der Waals surface area contributed by atoms with Gasteiger partial charge in [0.25, 0.3) is 11.5 Å². The van der Waals surface area contributed by atoms with E-state index in [0.717, 1.165) is 35.3 Å². The second-order valence-corrected chi connectivity index (χ2v) is 9.34. The van der Waals surface area contributed by atoms with Crippen LogP contribution in [0.2, 0.25) is 0 Å². The average Bonchev–Trinajstić information content (AvgIpc) is 3.15. The molecule has 6 nitrogen and oxygen atoms in total. The van der Waals surface area contributed by atoms with Crippen molar-refractivity contribution in [2.24, 2.45) is 11.8 Å². The van der Waals surface area contributed by atoms with E-state index in [-0.39, 0.29) is 24.0 Å². The van der Waals surface area contributed by atoms with Gasteiger partial charge in [-0.2, -0.15) is 0 Å². The number of pyridine rings is 1. The van der Waals surface area contributed by atoms with Gasteiger partial charge in [0.15, 0.2) is 6.61 Å². The van der Waals surface area contributed by atoms with E-state index in [1.54, 1.807) is 6.07 Å². The van der Waals surface area contributed by atoms with Crippen LogP contribution in [-0.4, -0.2) is 39.6 Å². The van der Waals surface area contributed by atoms with Crippen molar-refractivity contribution in [3.05, 3.63) is 64.7 Å². The van der Waals surface area contributed by atoms with E-state index in [9.17, 15) is 9.59 Å². The van der Waals surface area contributed by atoms with Crippen LogP contribution >= 0.6 is 0 Å². The van der Waals surface area contributed by atoms with Crippen molar-refractivity contribution in [1.82, 2.24) is 14.0 Å². The number of likely N-dealkylation sites (tertiary alicyclic amines) is 1. The Balaban J connectivity index is 1.29. The largest absolute Gasteiger partial charge is 0.483 e. The molecule has 0 spiro atoms. The number of hydrogen-bond donors (Lipinski definition) is 0. The Hall–Kier alpha value is -3.02. The molecule has 2 aromatic heterocycles. The van der Waals surface area contributed by atoms with E-state index >= 15 is 0 Å². The molecule has 4 heterocycles. The second kappa shape index (κ2) is 7.91. The molecule has 1 fully saturated rings. The van der Waals surface area contributed by atoms with Crippen LogP contribution in [0, 0.1) is 11.8 Å². The lowest BCUT2D eigenvalue weighted by molar-refractivity contribution is -0.136. The summed E-state index contributed by atoms with van der Waals surface area (Å²) in [6.07, 6.45) is 3.13. The number of fused-ring (bicyclic) bond motifs is 5. The van der Waals surface area contributed by atoms with Crippen LogP contribution < -0.4 is 10.3 Å². The quantitative estimate of drug-likeness (QED) is 0.636. The first kappa shape index (κ1) is 19.9. The van der Waals surface area contributed by atoms with Crippen LogP contribution in [-0.2, 0) is 17.9 Å². The fraction of sp³-hybridized carbons (Fsp3) is 0.440. The van der Waals surface area contributed by atoms with Gasteiger partial charge >= 0.3 is 0 Å². The summed E-state index contributed by atoms with van der Waals surface area (Å²) >= 11 is 0. The maximum absolute atomic E-state index is 13.0. The van der Waals surface area contributed by atoms with E-state index in [1.165, 1.54) is 0 Å². The molecule has 0 saturated carbocycles. The minimum atomic E-state index is 0.0139. The average molecular weight is 420 g/mol. The van der Waals surface area contributed by atoms with Crippen molar-refractivity contribution < 1.29 is 9.53 Å². The number of carbonyl (C=O) groups excluding carboxylic acids is 1. The standard InChI is InChI=1S/C25H29N3O3/c1-17(2)12-26-10-9-20-22(26)6-3-7-23(20)31-16-25(30)27-13-18-11-19(15-27)21-5-4-8-24(29)28(21)14-18/h3-10,17-19H,11-16H2,1-2H3/t18-,19+/m0/s1. The van der Waals surface area contributed by atoms with E-state index in [0.29, 0.717) is 31.5 Å². The van der Waals surface area contributed by atoms with Gasteiger partial charge in [-0.25, -0.2) is 0 Å². The highest BCUT2D eigenvalue weighted by atomic mass is 16.5. The minimum Gasteiger partial charge on any atom is -0.483 e. The van der Waals surface area contributed by atoms with Gasteiger partial charge < -0.3 is 18.8 Å². The van der Waals surface area contributed by atoms with Crippen LogP contribution in [0.5, 0.6) is 5.75 Å². The van der Waals surface area contributed by atoms with Gasteiger partial charge in [0, 0.05) is 55.4 Å². The van der Waals surface area contributed by atoms with E-state index in [2.05, 4.69) is 36.7 Å². The maximum Gasteiger partial charge on any atom is 0.260 e. The predicted octanol–water partition coefficient (Wildman–Crippen LogP) is 3.48. The minimum absolute atomic E-state index is 0.0139. The monoisotopic (exact) mass is 419 g/mol. The summed E-state index contributed by atoms with van der Waals surface area (Å²) in [5.74, 6) is 1.87. The molecule has 2 atom stereocenters. The smallest absolute Gasteiger partial charge is 0.260 e. The third-order valence-electron chi connectivity index (χ3n) is 6.52. The van der Waals surface area contributed by atoms with Crippen molar-refractivity contribution in [3.8, 4) is 5.75 Å². The molecule has 0 unspecified atom stereocenters. The number of hydrogen-bond acceptors (Lipinski definition) is 3. The molecule has 5 rings (SSSR count). The molecule has 1 saturated heterocycles. The number of carbonyl (C=O) groups is 1. The summed E-state index contributed by atoms with van der Waals surface area (Å²) in [4.78, 5) is 27.1. The van der Waals surface area contributed by atoms with Crippen molar-refractivity contribution in [3.63, 3.8) is 0 Å². The SMILES string of the molecule is CC(C)Cn1ccc2c(OCC(=O)N3C[C@@H]4C[C@H](C3)c3cccc(=O)n3C4)cccc21. The lowest BCUT2D eigenvalue weighted by Gasteiger charge is -2.42. The number of benzene rings is 1. The summed E-state index contributed by atoms with van der Waals surface area (Å²) < 4.78 is 10.1. The fourth-order valence-corrected chi connectivity index (χ4v) is 5.20. The highest BCUT2D eigenvalue weighted by Gasteiger charge is 2.36. The zero-order valence-electron chi connectivity index (χ0n) is 18.2. The molecule has 0 radical (unpaired) electrons. The first-order valence-electron chi connectivity index (χ1n) is 11.2. The van der Waals surface area contributed by atoms with Gasteiger partial charge in [-0.15, -0.1) is 0 Å². The number of ether oxygens (including phenoxy) is 1. The fourth-order valence-electron chi connectivity index (χ4n) is 5.20. The third kappa shape index (κ3) is 3.75. The summed E-state index contributed by atoms with van der Waals surface area (Å²) in [6.45, 7) is 7.42. The van der Waals surface area contributed by atoms with Crippen LogP contribution in [0.3, 0.4) is 0 Å². The van der Waals surface area contributed by atoms with Crippen LogP contribution in [0.1, 0.15) is 31.9 Å². The van der Waals surface area contributed by atoms with Gasteiger partial charge in [0.05, 0.1) is 5.52 Å². The van der Waals surface area contributed by atoms with Crippen molar-refractivity contribution in [2.45, 2.75) is 39.3 Å². The second-order valence-electron chi connectivity index (χ2n) is 9.34. The lowest BCUT2D eigenvalue weighted by Crippen LogP contribution is -2.50. The molecular weight excluding hydrogens is 390 g/mol. The molecule has 162 valence electrons. The summed E-state index contributed by atoms with van der Waals surface area (Å²) in [5.41, 5.74) is 2.25. The van der Waals surface area contributed by atoms with Gasteiger partial charge in [0.1, 0.15) is 5.75 Å². The number of nitrogens with zero attached hydrogens (tertiary/aromatic N) is 3. The molecular formula is C25H29N3O3. The molecule has 2 aliphatic heterocycles. The lowest BCUT2D eigenvalue weighted by atomic mass is 9.83. The number of aromatic nitrogens is 2. The first-order chi connectivity index (χ1) is 15.0. The van der Waals surface area contributed by atoms with Gasteiger partial charge in [-0.3, -0.25) is 9.59 Å². The maximum atomic E-state index is 13.0. The molecule has 3 aromatic rings. The molecule has 1 amide bonds. The van der Waals surface area contributed by atoms with E-state index < -0.39 is 0 Å². The van der Waals surface area contributed by atoms with E-state index in [4.69, 9.17) is 4.74 Å². The molecule has 2 bridgehead atoms. The summed E-state index contributed by atoms with van der Waals surface area (Å²) in [5, 5.41) is 1.04. The Bertz CT molecular complexity index is 1180. The molecule has 0 N–H and O–H groups in total. The predicted molar refractivity (Wildman–Crippen MR) is 120 cm³/mol. The van der Waals surface area contributed by atoms with Gasteiger partial charge in [0.2, 0.25) is 0 Å². The Morgan fingerprint density at radius 2 is 1.94 bits per heavy atom. The Morgan fingerprint density at radius 3 is 2.77 bits per heavy atom. The topological polar surface area (TPSA) is 56.5 Å². The molecule has 0 aliphatic carbocycles. The van der Waals surface area contributed by atoms with E-state index in [1.807, 2.05) is 33.7 Å². The number of rotatable bonds is 5. The van der Waals surface area contributed by atoms with Gasteiger partial charge in [-0.05, 0) is 42.5 Å². The summed E-state index contributed by atoms with van der Waals surface area (Å²) in [6, 6.07) is 13.5. The molecule has 6 heteroatoms. The Morgan fingerprint density at radius 1 is 1.10 bits per heavy atom. The highest BCUT2D eigenvalue weighted by Crippen LogP contribution is 2.35. The van der Waals surface area contributed by atoms with Crippen molar-refractivity contribution >= 4 is 16.8 Å². The summed E-state index contributed by atoms with van der Waals surface area (Å²) in [7, 11) is 0.